The molecule has 0 heterocycles. The number of nitro benzene ring substituents is 1. The van der Waals surface area contributed by atoms with Crippen molar-refractivity contribution in [2.24, 2.45) is 5.92 Å². The van der Waals surface area contributed by atoms with Gasteiger partial charge in [-0.1, -0.05) is 0 Å². The van der Waals surface area contributed by atoms with Crippen LogP contribution in [0.25, 0.3) is 0 Å². The minimum atomic E-state index is -1.29. The molecule has 0 spiro atoms. The van der Waals surface area contributed by atoms with Gasteiger partial charge in [-0.2, -0.15) is 0 Å². The SMILES string of the molecule is Cc1cc(NC(=O)C(C)C(=O)O)c([N+](=O)[O-])cc1C. The molecule has 102 valence electrons. The Morgan fingerprint density at radius 1 is 1.32 bits per heavy atom. The third-order valence-corrected chi connectivity index (χ3v) is 2.83. The second-order valence-electron chi connectivity index (χ2n) is 4.26. The molecule has 1 atom stereocenters. The fraction of sp³-hybridized carbons (Fsp3) is 0.333. The molecule has 0 saturated carbocycles. The monoisotopic (exact) mass is 266 g/mol. The molecule has 0 radical (unpaired) electrons. The zero-order chi connectivity index (χ0) is 14.7. The van der Waals surface area contributed by atoms with Crippen LogP contribution in [0.4, 0.5) is 11.4 Å². The van der Waals surface area contributed by atoms with Crippen molar-refractivity contribution < 1.29 is 19.6 Å². The first-order chi connectivity index (χ1) is 8.73. The number of carboxylic acid groups (broad SMARTS) is 1. The van der Waals surface area contributed by atoms with Crippen molar-refractivity contribution in [2.75, 3.05) is 5.32 Å². The van der Waals surface area contributed by atoms with Crippen molar-refractivity contribution in [3.63, 3.8) is 0 Å². The highest BCUT2D eigenvalue weighted by Crippen LogP contribution is 2.28. The van der Waals surface area contributed by atoms with Crippen molar-refractivity contribution >= 4 is 23.3 Å². The maximum atomic E-state index is 11.6. The zero-order valence-electron chi connectivity index (χ0n) is 10.8. The Morgan fingerprint density at radius 2 is 1.84 bits per heavy atom. The summed E-state index contributed by atoms with van der Waals surface area (Å²) in [7, 11) is 0. The van der Waals surface area contributed by atoms with Crippen molar-refractivity contribution in [3.8, 4) is 0 Å². The highest BCUT2D eigenvalue weighted by atomic mass is 16.6. The summed E-state index contributed by atoms with van der Waals surface area (Å²) in [5.74, 6) is -3.36. The Balaban J connectivity index is 3.13. The fourth-order valence-corrected chi connectivity index (χ4v) is 1.41. The van der Waals surface area contributed by atoms with E-state index >= 15 is 0 Å². The molecule has 1 aromatic rings. The maximum absolute atomic E-state index is 11.6. The summed E-state index contributed by atoms with van der Waals surface area (Å²) in [5.41, 5.74) is 1.24. The summed E-state index contributed by atoms with van der Waals surface area (Å²) >= 11 is 0. The van der Waals surface area contributed by atoms with Gasteiger partial charge in [-0.3, -0.25) is 19.7 Å². The average Bonchev–Trinajstić information content (AvgIpc) is 2.31. The number of rotatable bonds is 4. The van der Waals surface area contributed by atoms with E-state index in [-0.39, 0.29) is 11.4 Å². The van der Waals surface area contributed by atoms with Gasteiger partial charge in [0, 0.05) is 6.07 Å². The molecule has 0 aliphatic heterocycles. The summed E-state index contributed by atoms with van der Waals surface area (Å²) in [6, 6.07) is 2.80. The van der Waals surface area contributed by atoms with Crippen molar-refractivity contribution in [1.82, 2.24) is 0 Å². The van der Waals surface area contributed by atoms with Gasteiger partial charge in [-0.05, 0) is 38.0 Å². The Bertz CT molecular complexity index is 553. The Labute approximate surface area is 109 Å². The first-order valence-electron chi connectivity index (χ1n) is 5.53. The summed E-state index contributed by atoms with van der Waals surface area (Å²) < 4.78 is 0. The molecule has 7 heteroatoms. The van der Waals surface area contributed by atoms with Crippen molar-refractivity contribution in [1.29, 1.82) is 0 Å². The van der Waals surface area contributed by atoms with Gasteiger partial charge in [0.25, 0.3) is 5.69 Å². The van der Waals surface area contributed by atoms with Crippen LogP contribution >= 0.6 is 0 Å². The molecule has 1 aromatic carbocycles. The fourth-order valence-electron chi connectivity index (χ4n) is 1.41. The molecule has 0 fully saturated rings. The first kappa shape index (κ1) is 14.6. The molecule has 1 rings (SSSR count). The molecule has 2 N–H and O–H groups in total. The van der Waals surface area contributed by atoms with Gasteiger partial charge >= 0.3 is 5.97 Å². The smallest absolute Gasteiger partial charge is 0.315 e. The first-order valence-corrected chi connectivity index (χ1v) is 5.53. The van der Waals surface area contributed by atoms with E-state index in [4.69, 9.17) is 5.11 Å². The minimum absolute atomic E-state index is 0.00574. The number of carbonyl (C=O) groups is 2. The molecular formula is C12H14N2O5. The highest BCUT2D eigenvalue weighted by molar-refractivity contribution is 6.04. The van der Waals surface area contributed by atoms with E-state index in [2.05, 4.69) is 5.32 Å². The maximum Gasteiger partial charge on any atom is 0.315 e. The molecule has 0 bridgehead atoms. The number of benzene rings is 1. The van der Waals surface area contributed by atoms with Gasteiger partial charge in [0.05, 0.1) is 4.92 Å². The van der Waals surface area contributed by atoms with Crippen LogP contribution in [0.5, 0.6) is 0 Å². The van der Waals surface area contributed by atoms with Crippen molar-refractivity contribution in [3.05, 3.63) is 33.4 Å². The largest absolute Gasteiger partial charge is 0.481 e. The molecule has 19 heavy (non-hydrogen) atoms. The minimum Gasteiger partial charge on any atom is -0.481 e. The number of carboxylic acids is 1. The highest BCUT2D eigenvalue weighted by Gasteiger charge is 2.24. The second-order valence-corrected chi connectivity index (χ2v) is 4.26. The molecule has 0 saturated heterocycles. The van der Waals surface area contributed by atoms with Crippen LogP contribution in [-0.2, 0) is 9.59 Å². The lowest BCUT2D eigenvalue weighted by Crippen LogP contribution is -2.27. The van der Waals surface area contributed by atoms with E-state index in [0.717, 1.165) is 11.1 Å². The summed E-state index contributed by atoms with van der Waals surface area (Å²) in [6.45, 7) is 4.67. The van der Waals surface area contributed by atoms with Gasteiger partial charge < -0.3 is 10.4 Å². The van der Waals surface area contributed by atoms with Crippen LogP contribution in [-0.4, -0.2) is 21.9 Å². The van der Waals surface area contributed by atoms with E-state index < -0.39 is 22.7 Å². The lowest BCUT2D eigenvalue weighted by atomic mass is 10.1. The quantitative estimate of drug-likeness (QED) is 0.491. The number of hydrogen-bond donors (Lipinski definition) is 2. The van der Waals surface area contributed by atoms with Crippen LogP contribution in [0.2, 0.25) is 0 Å². The van der Waals surface area contributed by atoms with Gasteiger partial charge in [-0.25, -0.2) is 0 Å². The summed E-state index contributed by atoms with van der Waals surface area (Å²) in [5, 5.41) is 21.9. The lowest BCUT2D eigenvalue weighted by Gasteiger charge is -2.10. The van der Waals surface area contributed by atoms with Crippen molar-refractivity contribution in [2.45, 2.75) is 20.8 Å². The van der Waals surface area contributed by atoms with Crippen LogP contribution in [0.3, 0.4) is 0 Å². The number of anilines is 1. The zero-order valence-corrected chi connectivity index (χ0v) is 10.8. The normalized spacial score (nSPS) is 11.7. The van der Waals surface area contributed by atoms with E-state index in [1.165, 1.54) is 19.1 Å². The number of nitro groups is 1. The summed E-state index contributed by atoms with van der Waals surface area (Å²) in [6.07, 6.45) is 0. The molecule has 1 amide bonds. The third kappa shape index (κ3) is 3.27. The standard InChI is InChI=1S/C12H14N2O5/c1-6-4-9(10(14(18)19)5-7(6)2)13-11(15)8(3)12(16)17/h4-5,8H,1-3H3,(H,13,15)(H,16,17). The molecule has 0 aliphatic rings. The Kier molecular flexibility index (Phi) is 4.21. The predicted molar refractivity (Wildman–Crippen MR) is 68.0 cm³/mol. The van der Waals surface area contributed by atoms with E-state index in [1.807, 2.05) is 0 Å². The van der Waals surface area contributed by atoms with E-state index in [0.29, 0.717) is 0 Å². The molecular weight excluding hydrogens is 252 g/mol. The van der Waals surface area contributed by atoms with Gasteiger partial charge in [0.15, 0.2) is 0 Å². The number of nitrogens with one attached hydrogen (secondary N) is 1. The Hall–Kier alpha value is -2.44. The number of aryl methyl sites for hydroxylation is 2. The van der Waals surface area contributed by atoms with Gasteiger partial charge in [0.1, 0.15) is 11.6 Å². The van der Waals surface area contributed by atoms with Gasteiger partial charge in [-0.15, -0.1) is 0 Å². The van der Waals surface area contributed by atoms with E-state index in [1.54, 1.807) is 13.8 Å². The molecule has 0 aromatic heterocycles. The van der Waals surface area contributed by atoms with Gasteiger partial charge in [0.2, 0.25) is 5.91 Å². The van der Waals surface area contributed by atoms with E-state index in [9.17, 15) is 19.7 Å². The third-order valence-electron chi connectivity index (χ3n) is 2.83. The van der Waals surface area contributed by atoms with Crippen LogP contribution in [0.1, 0.15) is 18.1 Å². The molecule has 1 unspecified atom stereocenters. The molecule has 7 nitrogen and oxygen atoms in total. The predicted octanol–water partition coefficient (Wildman–Crippen LogP) is 1.87. The summed E-state index contributed by atoms with van der Waals surface area (Å²) in [4.78, 5) is 32.6. The number of carbonyl (C=O) groups excluding carboxylic acids is 1. The number of amides is 1. The number of aliphatic carboxylic acids is 1. The topological polar surface area (TPSA) is 110 Å². The Morgan fingerprint density at radius 3 is 2.32 bits per heavy atom. The van der Waals surface area contributed by atoms with Crippen LogP contribution in [0, 0.1) is 29.9 Å². The van der Waals surface area contributed by atoms with Crippen LogP contribution in [0.15, 0.2) is 12.1 Å². The second kappa shape index (κ2) is 5.47. The number of nitrogens with zero attached hydrogens (tertiary/aromatic N) is 1. The number of hydrogen-bond acceptors (Lipinski definition) is 4. The average molecular weight is 266 g/mol. The lowest BCUT2D eigenvalue weighted by molar-refractivity contribution is -0.384. The molecule has 0 aliphatic carbocycles. The van der Waals surface area contributed by atoms with Crippen LogP contribution < -0.4 is 5.32 Å².